The molecule has 0 fully saturated rings. The van der Waals surface area contributed by atoms with Crippen LogP contribution in [0.25, 0.3) is 0 Å². The lowest BCUT2D eigenvalue weighted by Crippen LogP contribution is -2.44. The normalized spacial score (nSPS) is 19.1. The molecule has 2 heterocycles. The van der Waals surface area contributed by atoms with E-state index >= 15 is 0 Å². The number of nitrogens with zero attached hydrogens (tertiary/aromatic N) is 2. The van der Waals surface area contributed by atoms with E-state index < -0.39 is 24.4 Å². The van der Waals surface area contributed by atoms with Crippen LogP contribution >= 0.6 is 0 Å². The fourth-order valence-electron chi connectivity index (χ4n) is 3.46. The molecule has 0 saturated heterocycles. The molecule has 0 aliphatic carbocycles. The third-order valence-corrected chi connectivity index (χ3v) is 4.77. The number of hydrogen-bond acceptors (Lipinski definition) is 3. The SMILES string of the molecule is O=C(N1CCc2ccccc21)C(F)(F)CC1CC(c2ccccc2)=NO1. The van der Waals surface area contributed by atoms with E-state index in [0.29, 0.717) is 17.8 Å². The molecule has 0 spiro atoms. The van der Waals surface area contributed by atoms with E-state index in [9.17, 15) is 13.6 Å². The maximum atomic E-state index is 14.6. The summed E-state index contributed by atoms with van der Waals surface area (Å²) >= 11 is 0. The molecule has 0 N–H and O–H groups in total. The number of anilines is 1. The molecular formula is C20H18F2N2O2. The van der Waals surface area contributed by atoms with Crippen molar-refractivity contribution in [1.82, 2.24) is 0 Å². The Kier molecular flexibility index (Phi) is 4.18. The number of fused-ring (bicyclic) bond motifs is 1. The van der Waals surface area contributed by atoms with Crippen LogP contribution in [0.4, 0.5) is 14.5 Å². The Balaban J connectivity index is 1.43. The second kappa shape index (κ2) is 6.52. The van der Waals surface area contributed by atoms with Crippen molar-refractivity contribution in [3.8, 4) is 0 Å². The van der Waals surface area contributed by atoms with E-state index in [-0.39, 0.29) is 13.0 Å². The highest BCUT2D eigenvalue weighted by molar-refractivity contribution is 6.02. The van der Waals surface area contributed by atoms with Crippen LogP contribution in [0.5, 0.6) is 0 Å². The van der Waals surface area contributed by atoms with Gasteiger partial charge in [-0.25, -0.2) is 0 Å². The van der Waals surface area contributed by atoms with Crippen LogP contribution in [0.1, 0.15) is 24.0 Å². The van der Waals surface area contributed by atoms with Gasteiger partial charge in [-0.05, 0) is 23.6 Å². The Morgan fingerprint density at radius 1 is 1.15 bits per heavy atom. The minimum absolute atomic E-state index is 0.267. The molecule has 26 heavy (non-hydrogen) atoms. The number of hydrogen-bond donors (Lipinski definition) is 0. The van der Waals surface area contributed by atoms with Gasteiger partial charge in [0.25, 0.3) is 5.91 Å². The average molecular weight is 356 g/mol. The van der Waals surface area contributed by atoms with E-state index in [1.54, 1.807) is 12.1 Å². The molecule has 2 aliphatic heterocycles. The fraction of sp³-hybridized carbons (Fsp3) is 0.300. The standard InChI is InChI=1S/C20H18F2N2O2/c21-20(22,19(25)24-11-10-15-8-4-5-9-18(15)24)13-16-12-17(23-26-16)14-6-2-1-3-7-14/h1-9,16H,10-13H2. The summed E-state index contributed by atoms with van der Waals surface area (Å²) in [4.78, 5) is 18.8. The molecule has 2 aliphatic rings. The number of amides is 1. The summed E-state index contributed by atoms with van der Waals surface area (Å²) in [5.74, 6) is -4.66. The van der Waals surface area contributed by atoms with Crippen LogP contribution in [-0.2, 0) is 16.1 Å². The predicted molar refractivity (Wildman–Crippen MR) is 94.5 cm³/mol. The molecule has 4 rings (SSSR count). The van der Waals surface area contributed by atoms with Gasteiger partial charge in [0.1, 0.15) is 6.10 Å². The second-order valence-corrected chi connectivity index (χ2v) is 6.58. The molecule has 2 aromatic carbocycles. The van der Waals surface area contributed by atoms with Crippen molar-refractivity contribution >= 4 is 17.3 Å². The molecule has 134 valence electrons. The van der Waals surface area contributed by atoms with Gasteiger partial charge in [0, 0.05) is 18.7 Å². The number of carbonyl (C=O) groups is 1. The molecule has 6 heteroatoms. The number of oxime groups is 1. The van der Waals surface area contributed by atoms with Gasteiger partial charge in [-0.3, -0.25) is 4.79 Å². The van der Waals surface area contributed by atoms with Gasteiger partial charge < -0.3 is 9.74 Å². The van der Waals surface area contributed by atoms with Crippen molar-refractivity contribution in [2.45, 2.75) is 31.3 Å². The molecule has 1 atom stereocenters. The highest BCUT2D eigenvalue weighted by Crippen LogP contribution is 2.34. The molecule has 1 amide bonds. The molecule has 4 nitrogen and oxygen atoms in total. The lowest BCUT2D eigenvalue weighted by atomic mass is 10.0. The van der Waals surface area contributed by atoms with Crippen LogP contribution in [0.2, 0.25) is 0 Å². The lowest BCUT2D eigenvalue weighted by molar-refractivity contribution is -0.147. The molecule has 2 aromatic rings. The van der Waals surface area contributed by atoms with E-state index in [1.807, 2.05) is 42.5 Å². The zero-order valence-corrected chi connectivity index (χ0v) is 14.1. The zero-order valence-electron chi connectivity index (χ0n) is 14.1. The highest BCUT2D eigenvalue weighted by atomic mass is 19.3. The summed E-state index contributed by atoms with van der Waals surface area (Å²) in [6, 6.07) is 16.5. The van der Waals surface area contributed by atoms with Crippen LogP contribution in [0.3, 0.4) is 0 Å². The Morgan fingerprint density at radius 3 is 2.69 bits per heavy atom. The third-order valence-electron chi connectivity index (χ3n) is 4.77. The van der Waals surface area contributed by atoms with Crippen LogP contribution in [-0.4, -0.2) is 30.2 Å². The molecule has 1 unspecified atom stereocenters. The van der Waals surface area contributed by atoms with Crippen molar-refractivity contribution in [2.24, 2.45) is 5.16 Å². The van der Waals surface area contributed by atoms with Crippen molar-refractivity contribution in [1.29, 1.82) is 0 Å². The summed E-state index contributed by atoms with van der Waals surface area (Å²) in [5, 5.41) is 3.92. The van der Waals surface area contributed by atoms with Gasteiger partial charge in [-0.1, -0.05) is 53.7 Å². The number of halogens is 2. The molecule has 0 saturated carbocycles. The summed E-state index contributed by atoms with van der Waals surface area (Å²) in [7, 11) is 0. The van der Waals surface area contributed by atoms with E-state index in [2.05, 4.69) is 5.16 Å². The quantitative estimate of drug-likeness (QED) is 0.836. The first kappa shape index (κ1) is 16.7. The summed E-state index contributed by atoms with van der Waals surface area (Å²) in [6.07, 6.45) is -0.616. The summed E-state index contributed by atoms with van der Waals surface area (Å²) < 4.78 is 29.2. The number of para-hydroxylation sites is 1. The Hall–Kier alpha value is -2.76. The summed E-state index contributed by atoms with van der Waals surface area (Å²) in [5.41, 5.74) is 2.97. The first-order valence-electron chi connectivity index (χ1n) is 8.60. The topological polar surface area (TPSA) is 41.9 Å². The third kappa shape index (κ3) is 3.07. The Morgan fingerprint density at radius 2 is 1.88 bits per heavy atom. The van der Waals surface area contributed by atoms with Gasteiger partial charge in [0.05, 0.1) is 12.1 Å². The van der Waals surface area contributed by atoms with Crippen molar-refractivity contribution in [3.63, 3.8) is 0 Å². The van der Waals surface area contributed by atoms with Gasteiger partial charge in [0.2, 0.25) is 0 Å². The first-order valence-corrected chi connectivity index (χ1v) is 8.60. The van der Waals surface area contributed by atoms with E-state index in [1.165, 1.54) is 4.90 Å². The monoisotopic (exact) mass is 356 g/mol. The Bertz CT molecular complexity index is 852. The van der Waals surface area contributed by atoms with Gasteiger partial charge >= 0.3 is 5.92 Å². The molecule has 0 bridgehead atoms. The minimum atomic E-state index is -3.50. The molecule has 0 radical (unpaired) electrons. The number of rotatable bonds is 4. The fourth-order valence-corrected chi connectivity index (χ4v) is 3.46. The molecule has 0 aromatic heterocycles. The molecular weight excluding hydrogens is 338 g/mol. The number of benzene rings is 2. The first-order chi connectivity index (χ1) is 12.5. The van der Waals surface area contributed by atoms with E-state index in [0.717, 1.165) is 11.1 Å². The second-order valence-electron chi connectivity index (χ2n) is 6.58. The lowest BCUT2D eigenvalue weighted by Gasteiger charge is -2.24. The summed E-state index contributed by atoms with van der Waals surface area (Å²) in [6.45, 7) is 0.283. The minimum Gasteiger partial charge on any atom is -0.392 e. The van der Waals surface area contributed by atoms with Crippen molar-refractivity contribution in [3.05, 3.63) is 65.7 Å². The van der Waals surface area contributed by atoms with Crippen LogP contribution in [0, 0.1) is 0 Å². The van der Waals surface area contributed by atoms with Crippen molar-refractivity contribution in [2.75, 3.05) is 11.4 Å². The van der Waals surface area contributed by atoms with Gasteiger partial charge in [-0.2, -0.15) is 8.78 Å². The predicted octanol–water partition coefficient (Wildman–Crippen LogP) is 3.79. The largest absolute Gasteiger partial charge is 0.392 e. The highest BCUT2D eigenvalue weighted by Gasteiger charge is 2.47. The van der Waals surface area contributed by atoms with Gasteiger partial charge in [0.15, 0.2) is 0 Å². The van der Waals surface area contributed by atoms with Crippen LogP contribution in [0.15, 0.2) is 59.8 Å². The zero-order chi connectivity index (χ0) is 18.1. The number of carbonyl (C=O) groups excluding carboxylic acids is 1. The van der Waals surface area contributed by atoms with E-state index in [4.69, 9.17) is 4.84 Å². The van der Waals surface area contributed by atoms with Crippen LogP contribution < -0.4 is 4.90 Å². The Labute approximate surface area is 150 Å². The average Bonchev–Trinajstić information content (AvgIpc) is 3.28. The number of alkyl halides is 2. The smallest absolute Gasteiger partial charge is 0.328 e. The van der Waals surface area contributed by atoms with Crippen molar-refractivity contribution < 1.29 is 18.4 Å². The van der Waals surface area contributed by atoms with Gasteiger partial charge in [-0.15, -0.1) is 0 Å². The maximum absolute atomic E-state index is 14.6. The maximum Gasteiger partial charge on any atom is 0.328 e.